The molecule has 1 amide bonds. The Kier molecular flexibility index (Phi) is 5.67. The van der Waals surface area contributed by atoms with Crippen LogP contribution >= 0.6 is 11.3 Å². The normalized spacial score (nSPS) is 12.8. The Morgan fingerprint density at radius 1 is 1.19 bits per heavy atom. The van der Waals surface area contributed by atoms with Gasteiger partial charge in [0.1, 0.15) is 16.4 Å². The number of rotatable bonds is 5. The molecular formula is C20H15FN2O7S. The Morgan fingerprint density at radius 3 is 2.65 bits per heavy atom. The quantitative estimate of drug-likeness (QED) is 0.359. The SMILES string of the molecule is O=C(COC(=O)c1cc2c(F)cccc2s1)Nc1cc2c(cc1[N+](=O)[O-])OCCCO2. The van der Waals surface area contributed by atoms with Gasteiger partial charge in [0.25, 0.3) is 11.6 Å². The molecule has 2 heterocycles. The van der Waals surface area contributed by atoms with Crippen molar-refractivity contribution in [1.29, 1.82) is 0 Å². The standard InChI is InChI=1S/C20H15FN2O7S/c21-12-3-1-4-17-11(12)7-18(31-17)20(25)30-10-19(24)22-13-8-15-16(9-14(13)23(26)27)29-6-2-5-28-15/h1,3-4,7-9H,2,5-6,10H2,(H,22,24). The second-order valence-electron chi connectivity index (χ2n) is 6.51. The summed E-state index contributed by atoms with van der Waals surface area (Å²) in [5.74, 6) is -1.57. The Balaban J connectivity index is 1.45. The van der Waals surface area contributed by atoms with Gasteiger partial charge in [-0.05, 0) is 18.2 Å². The minimum absolute atomic E-state index is 0.112. The van der Waals surface area contributed by atoms with E-state index in [9.17, 15) is 24.1 Å². The molecule has 2 aromatic carbocycles. The van der Waals surface area contributed by atoms with Gasteiger partial charge in [-0.15, -0.1) is 11.3 Å². The van der Waals surface area contributed by atoms with E-state index in [1.165, 1.54) is 30.3 Å². The number of nitrogens with zero attached hydrogens (tertiary/aromatic N) is 1. The number of nitrogens with one attached hydrogen (secondary N) is 1. The topological polar surface area (TPSA) is 117 Å². The molecule has 0 radical (unpaired) electrons. The number of anilines is 1. The number of nitro benzene ring substituents is 1. The Bertz CT molecular complexity index is 1190. The van der Waals surface area contributed by atoms with Crippen LogP contribution in [0.15, 0.2) is 36.4 Å². The first-order chi connectivity index (χ1) is 14.9. The Morgan fingerprint density at radius 2 is 1.94 bits per heavy atom. The van der Waals surface area contributed by atoms with E-state index in [-0.39, 0.29) is 33.1 Å². The van der Waals surface area contributed by atoms with E-state index < -0.39 is 29.2 Å². The molecular weight excluding hydrogens is 431 g/mol. The lowest BCUT2D eigenvalue weighted by atomic mass is 10.2. The fourth-order valence-electron chi connectivity index (χ4n) is 2.96. The summed E-state index contributed by atoms with van der Waals surface area (Å²) in [6.45, 7) is 0.0418. The third-order valence-corrected chi connectivity index (χ3v) is 5.46. The molecule has 0 unspecified atom stereocenters. The van der Waals surface area contributed by atoms with Crippen molar-refractivity contribution in [3.05, 3.63) is 57.2 Å². The molecule has 0 saturated heterocycles. The number of thiophene rings is 1. The van der Waals surface area contributed by atoms with Gasteiger partial charge in [0.15, 0.2) is 18.1 Å². The Hall–Kier alpha value is -3.73. The molecule has 1 aromatic heterocycles. The molecule has 1 aliphatic rings. The Labute approximate surface area is 178 Å². The highest BCUT2D eigenvalue weighted by Crippen LogP contribution is 2.39. The second kappa shape index (κ2) is 8.56. The molecule has 4 rings (SSSR count). The second-order valence-corrected chi connectivity index (χ2v) is 7.59. The average Bonchev–Trinajstić information content (AvgIpc) is 3.05. The maximum Gasteiger partial charge on any atom is 0.348 e. The van der Waals surface area contributed by atoms with Gasteiger partial charge in [0.2, 0.25) is 0 Å². The number of nitro groups is 1. The highest BCUT2D eigenvalue weighted by Gasteiger charge is 2.23. The summed E-state index contributed by atoms with van der Waals surface area (Å²) < 4.78 is 30.2. The van der Waals surface area contributed by atoms with Crippen LogP contribution in [0.2, 0.25) is 0 Å². The largest absolute Gasteiger partial charge is 0.489 e. The van der Waals surface area contributed by atoms with Crippen molar-refractivity contribution in [3.63, 3.8) is 0 Å². The molecule has 3 aromatic rings. The van der Waals surface area contributed by atoms with Gasteiger partial charge in [-0.2, -0.15) is 0 Å². The molecule has 0 bridgehead atoms. The van der Waals surface area contributed by atoms with Crippen LogP contribution in [0.4, 0.5) is 15.8 Å². The number of esters is 1. The number of hydrogen-bond donors (Lipinski definition) is 1. The smallest absolute Gasteiger partial charge is 0.348 e. The summed E-state index contributed by atoms with van der Waals surface area (Å²) in [6, 6.07) is 8.29. The van der Waals surface area contributed by atoms with E-state index in [1.54, 1.807) is 6.07 Å². The van der Waals surface area contributed by atoms with E-state index >= 15 is 0 Å². The van der Waals surface area contributed by atoms with Crippen molar-refractivity contribution in [2.45, 2.75) is 6.42 Å². The molecule has 0 fully saturated rings. The van der Waals surface area contributed by atoms with Crippen LogP contribution in [-0.2, 0) is 9.53 Å². The van der Waals surface area contributed by atoms with Crippen molar-refractivity contribution in [2.24, 2.45) is 0 Å². The monoisotopic (exact) mass is 446 g/mol. The molecule has 9 nitrogen and oxygen atoms in total. The molecule has 1 aliphatic heterocycles. The van der Waals surface area contributed by atoms with Gasteiger partial charge >= 0.3 is 5.97 Å². The van der Waals surface area contributed by atoms with Gasteiger partial charge in [0.05, 0.1) is 24.2 Å². The van der Waals surface area contributed by atoms with E-state index in [1.807, 2.05) is 0 Å². The predicted molar refractivity (Wildman–Crippen MR) is 109 cm³/mol. The first kappa shape index (κ1) is 20.5. The fourth-order valence-corrected chi connectivity index (χ4v) is 3.93. The average molecular weight is 446 g/mol. The molecule has 31 heavy (non-hydrogen) atoms. The third-order valence-electron chi connectivity index (χ3n) is 4.38. The summed E-state index contributed by atoms with van der Waals surface area (Å²) in [6.07, 6.45) is 0.613. The zero-order chi connectivity index (χ0) is 22.0. The van der Waals surface area contributed by atoms with Crippen LogP contribution in [0.25, 0.3) is 10.1 Å². The zero-order valence-corrected chi connectivity index (χ0v) is 16.7. The number of halogens is 1. The summed E-state index contributed by atoms with van der Waals surface area (Å²) >= 11 is 1.03. The van der Waals surface area contributed by atoms with Crippen molar-refractivity contribution < 1.29 is 33.1 Å². The van der Waals surface area contributed by atoms with Crippen LogP contribution in [0.3, 0.4) is 0 Å². The van der Waals surface area contributed by atoms with Gasteiger partial charge < -0.3 is 19.5 Å². The van der Waals surface area contributed by atoms with Gasteiger partial charge in [-0.25, -0.2) is 9.18 Å². The first-order valence-electron chi connectivity index (χ1n) is 9.15. The summed E-state index contributed by atoms with van der Waals surface area (Å²) in [7, 11) is 0. The molecule has 0 aliphatic carbocycles. The summed E-state index contributed by atoms with van der Waals surface area (Å²) in [5, 5.41) is 14.0. The van der Waals surface area contributed by atoms with Crippen molar-refractivity contribution in [2.75, 3.05) is 25.1 Å². The molecule has 160 valence electrons. The highest BCUT2D eigenvalue weighted by atomic mass is 32.1. The summed E-state index contributed by atoms with van der Waals surface area (Å²) in [5.41, 5.74) is -0.497. The van der Waals surface area contributed by atoms with Gasteiger partial charge in [-0.3, -0.25) is 14.9 Å². The van der Waals surface area contributed by atoms with Crippen molar-refractivity contribution in [3.8, 4) is 11.5 Å². The van der Waals surface area contributed by atoms with Crippen molar-refractivity contribution in [1.82, 2.24) is 0 Å². The fraction of sp³-hybridized carbons (Fsp3) is 0.200. The molecule has 11 heteroatoms. The lowest BCUT2D eigenvalue weighted by Gasteiger charge is -2.11. The van der Waals surface area contributed by atoms with E-state index in [0.29, 0.717) is 24.3 Å². The van der Waals surface area contributed by atoms with E-state index in [4.69, 9.17) is 14.2 Å². The maximum absolute atomic E-state index is 13.8. The number of carbonyl (C=O) groups excluding carboxylic acids is 2. The maximum atomic E-state index is 13.8. The first-order valence-corrected chi connectivity index (χ1v) is 9.97. The van der Waals surface area contributed by atoms with E-state index in [2.05, 4.69) is 5.32 Å². The third kappa shape index (κ3) is 4.40. The number of hydrogen-bond acceptors (Lipinski definition) is 8. The predicted octanol–water partition coefficient (Wildman–Crippen LogP) is 3.91. The lowest BCUT2D eigenvalue weighted by molar-refractivity contribution is -0.384. The zero-order valence-electron chi connectivity index (χ0n) is 15.9. The molecule has 0 spiro atoms. The van der Waals surface area contributed by atoms with Crippen LogP contribution in [0.5, 0.6) is 11.5 Å². The molecule has 1 N–H and O–H groups in total. The van der Waals surface area contributed by atoms with Gasteiger partial charge in [-0.1, -0.05) is 6.07 Å². The minimum Gasteiger partial charge on any atom is -0.489 e. The number of ether oxygens (including phenoxy) is 3. The highest BCUT2D eigenvalue weighted by molar-refractivity contribution is 7.20. The summed E-state index contributed by atoms with van der Waals surface area (Å²) in [4.78, 5) is 35.3. The number of amides is 1. The van der Waals surface area contributed by atoms with Crippen LogP contribution in [0, 0.1) is 15.9 Å². The number of benzene rings is 2. The van der Waals surface area contributed by atoms with Crippen LogP contribution < -0.4 is 14.8 Å². The number of carbonyl (C=O) groups is 2. The van der Waals surface area contributed by atoms with Crippen LogP contribution in [-0.4, -0.2) is 36.6 Å². The lowest BCUT2D eigenvalue weighted by Crippen LogP contribution is -2.21. The number of fused-ring (bicyclic) bond motifs is 2. The molecule has 0 saturated carbocycles. The van der Waals surface area contributed by atoms with E-state index in [0.717, 1.165) is 11.3 Å². The van der Waals surface area contributed by atoms with Gasteiger partial charge in [0, 0.05) is 22.6 Å². The minimum atomic E-state index is -0.802. The van der Waals surface area contributed by atoms with Crippen molar-refractivity contribution >= 4 is 44.7 Å². The molecule has 0 atom stereocenters. The van der Waals surface area contributed by atoms with Crippen LogP contribution in [0.1, 0.15) is 16.1 Å².